The molecular formula is C77H132O6. The highest BCUT2D eigenvalue weighted by molar-refractivity contribution is 5.71. The van der Waals surface area contributed by atoms with Crippen molar-refractivity contribution in [1.29, 1.82) is 0 Å². The highest BCUT2D eigenvalue weighted by atomic mass is 16.6. The molecule has 0 radical (unpaired) electrons. The summed E-state index contributed by atoms with van der Waals surface area (Å²) in [5.74, 6) is -0.885. The van der Waals surface area contributed by atoms with Gasteiger partial charge in [-0.1, -0.05) is 304 Å². The van der Waals surface area contributed by atoms with Crippen molar-refractivity contribution in [2.75, 3.05) is 13.2 Å². The van der Waals surface area contributed by atoms with Crippen LogP contribution in [0.3, 0.4) is 0 Å². The number of carbonyl (C=O) groups is 3. The van der Waals surface area contributed by atoms with Crippen LogP contribution >= 0.6 is 0 Å². The number of unbranched alkanes of at least 4 members (excludes halogenated alkanes) is 35. The fourth-order valence-electron chi connectivity index (χ4n) is 9.94. The van der Waals surface area contributed by atoms with E-state index in [1.807, 2.05) is 0 Å². The number of hydrogen-bond donors (Lipinski definition) is 0. The molecule has 1 unspecified atom stereocenters. The zero-order valence-corrected chi connectivity index (χ0v) is 54.7. The summed E-state index contributed by atoms with van der Waals surface area (Å²) in [4.78, 5) is 38.4. The zero-order valence-electron chi connectivity index (χ0n) is 54.7. The minimum Gasteiger partial charge on any atom is -0.462 e. The summed E-state index contributed by atoms with van der Waals surface area (Å²) in [5, 5.41) is 0. The molecule has 0 heterocycles. The Balaban J connectivity index is 4.16. The van der Waals surface area contributed by atoms with Gasteiger partial charge in [-0.05, 0) is 128 Å². The minimum absolute atomic E-state index is 0.0811. The van der Waals surface area contributed by atoms with Gasteiger partial charge in [0.25, 0.3) is 0 Å². The van der Waals surface area contributed by atoms with Crippen LogP contribution in [-0.4, -0.2) is 37.2 Å². The van der Waals surface area contributed by atoms with Crippen molar-refractivity contribution >= 4 is 17.9 Å². The molecule has 83 heavy (non-hydrogen) atoms. The van der Waals surface area contributed by atoms with E-state index < -0.39 is 6.10 Å². The topological polar surface area (TPSA) is 78.9 Å². The van der Waals surface area contributed by atoms with E-state index in [1.54, 1.807) is 0 Å². The number of allylic oxidation sites excluding steroid dienone is 18. The van der Waals surface area contributed by atoms with E-state index in [1.165, 1.54) is 186 Å². The normalized spacial score (nSPS) is 12.8. The maximum Gasteiger partial charge on any atom is 0.306 e. The van der Waals surface area contributed by atoms with E-state index in [2.05, 4.69) is 130 Å². The number of carbonyl (C=O) groups excluding carboxylic acids is 3. The van der Waals surface area contributed by atoms with Gasteiger partial charge in [0, 0.05) is 19.3 Å². The first-order valence-electron chi connectivity index (χ1n) is 35.4. The van der Waals surface area contributed by atoms with Gasteiger partial charge >= 0.3 is 17.9 Å². The molecular weight excluding hydrogens is 1020 g/mol. The van der Waals surface area contributed by atoms with Gasteiger partial charge in [0.05, 0.1) is 0 Å². The molecule has 6 heteroatoms. The van der Waals surface area contributed by atoms with Gasteiger partial charge in [-0.3, -0.25) is 14.4 Å². The van der Waals surface area contributed by atoms with Gasteiger partial charge in [0.1, 0.15) is 13.2 Å². The lowest BCUT2D eigenvalue weighted by Gasteiger charge is -2.18. The average molecular weight is 1150 g/mol. The summed E-state index contributed by atoms with van der Waals surface area (Å²) < 4.78 is 16.9. The third-order valence-corrected chi connectivity index (χ3v) is 15.2. The molecule has 0 saturated carbocycles. The van der Waals surface area contributed by atoms with Crippen LogP contribution in [-0.2, 0) is 28.6 Å². The maximum atomic E-state index is 12.9. The molecule has 0 spiro atoms. The fraction of sp³-hybridized carbons (Fsp3) is 0.727. The van der Waals surface area contributed by atoms with Gasteiger partial charge in [0.2, 0.25) is 0 Å². The molecule has 0 N–H and O–H groups in total. The molecule has 1 atom stereocenters. The first kappa shape index (κ1) is 79.1. The first-order chi connectivity index (χ1) is 41.0. The van der Waals surface area contributed by atoms with Crippen molar-refractivity contribution in [1.82, 2.24) is 0 Å². The Labute approximate surface area is 514 Å². The fourth-order valence-corrected chi connectivity index (χ4v) is 9.94. The monoisotopic (exact) mass is 1150 g/mol. The summed E-state index contributed by atoms with van der Waals surface area (Å²) >= 11 is 0. The second-order valence-corrected chi connectivity index (χ2v) is 23.4. The van der Waals surface area contributed by atoms with Crippen LogP contribution < -0.4 is 0 Å². The van der Waals surface area contributed by atoms with E-state index in [0.29, 0.717) is 19.3 Å². The summed E-state index contributed by atoms with van der Waals surface area (Å²) in [7, 11) is 0. The lowest BCUT2D eigenvalue weighted by atomic mass is 10.0. The van der Waals surface area contributed by atoms with Crippen LogP contribution in [0.5, 0.6) is 0 Å². The second-order valence-electron chi connectivity index (χ2n) is 23.4. The van der Waals surface area contributed by atoms with Crippen LogP contribution in [0.1, 0.15) is 342 Å². The Bertz CT molecular complexity index is 1660. The Morgan fingerprint density at radius 3 is 0.771 bits per heavy atom. The predicted octanol–water partition coefficient (Wildman–Crippen LogP) is 24.6. The molecule has 0 aromatic rings. The number of ether oxygens (including phenoxy) is 3. The third kappa shape index (κ3) is 68.7. The summed E-state index contributed by atoms with van der Waals surface area (Å²) in [6, 6.07) is 0. The van der Waals surface area contributed by atoms with Crippen LogP contribution in [0, 0.1) is 0 Å². The van der Waals surface area contributed by atoms with Gasteiger partial charge in [-0.15, -0.1) is 0 Å². The molecule has 0 fully saturated rings. The minimum atomic E-state index is -0.786. The molecule has 6 nitrogen and oxygen atoms in total. The van der Waals surface area contributed by atoms with E-state index in [4.69, 9.17) is 14.2 Å². The van der Waals surface area contributed by atoms with E-state index >= 15 is 0 Å². The van der Waals surface area contributed by atoms with Crippen LogP contribution in [0.15, 0.2) is 109 Å². The smallest absolute Gasteiger partial charge is 0.306 e. The van der Waals surface area contributed by atoms with E-state index in [9.17, 15) is 14.4 Å². The van der Waals surface area contributed by atoms with E-state index in [0.717, 1.165) is 116 Å². The molecule has 0 bridgehead atoms. The van der Waals surface area contributed by atoms with Gasteiger partial charge in [0.15, 0.2) is 6.10 Å². The molecule has 0 aliphatic carbocycles. The zero-order chi connectivity index (χ0) is 59.9. The van der Waals surface area contributed by atoms with Crippen molar-refractivity contribution in [2.24, 2.45) is 0 Å². The number of hydrogen-bond acceptors (Lipinski definition) is 6. The first-order valence-corrected chi connectivity index (χ1v) is 35.4. The Morgan fingerprint density at radius 1 is 0.253 bits per heavy atom. The molecule has 0 saturated heterocycles. The van der Waals surface area contributed by atoms with Crippen LogP contribution in [0.2, 0.25) is 0 Å². The quantitative estimate of drug-likeness (QED) is 0.0261. The average Bonchev–Trinajstić information content (AvgIpc) is 3.49. The molecule has 0 aliphatic heterocycles. The van der Waals surface area contributed by atoms with Crippen molar-refractivity contribution in [3.05, 3.63) is 109 Å². The maximum absolute atomic E-state index is 12.9. The van der Waals surface area contributed by atoms with E-state index in [-0.39, 0.29) is 31.1 Å². The summed E-state index contributed by atoms with van der Waals surface area (Å²) in [6.45, 7) is 6.50. The van der Waals surface area contributed by atoms with Gasteiger partial charge < -0.3 is 14.2 Å². The Kier molecular flexibility index (Phi) is 67.2. The van der Waals surface area contributed by atoms with Crippen molar-refractivity contribution in [3.63, 3.8) is 0 Å². The lowest BCUT2D eigenvalue weighted by Crippen LogP contribution is -2.30. The van der Waals surface area contributed by atoms with Crippen LogP contribution in [0.4, 0.5) is 0 Å². The summed E-state index contributed by atoms with van der Waals surface area (Å²) in [6.07, 6.45) is 96.9. The summed E-state index contributed by atoms with van der Waals surface area (Å²) in [5.41, 5.74) is 0. The Morgan fingerprint density at radius 2 is 0.470 bits per heavy atom. The lowest BCUT2D eigenvalue weighted by molar-refractivity contribution is -0.167. The van der Waals surface area contributed by atoms with Crippen molar-refractivity contribution in [2.45, 2.75) is 348 Å². The SMILES string of the molecule is CC/C=C\C/C=C\C/C=C\C/C=C\C/C=C\C/C=C\CCCCCCCCCCCCCCCCCCC(=O)OCC(COC(=O)CCCCCCC/C=C\CCCCC)OC(=O)CCCCCCCCC/C=C\C/C=C\CCCCCC. The third-order valence-electron chi connectivity index (χ3n) is 15.2. The Hall–Kier alpha value is -3.93. The molecule has 0 aromatic carbocycles. The van der Waals surface area contributed by atoms with Crippen molar-refractivity contribution < 1.29 is 28.6 Å². The largest absolute Gasteiger partial charge is 0.462 e. The molecule has 0 aromatic heterocycles. The molecule has 0 aliphatic rings. The van der Waals surface area contributed by atoms with Crippen molar-refractivity contribution in [3.8, 4) is 0 Å². The van der Waals surface area contributed by atoms with Gasteiger partial charge in [-0.25, -0.2) is 0 Å². The molecule has 476 valence electrons. The number of rotatable bonds is 64. The molecule has 0 amide bonds. The second kappa shape index (κ2) is 70.6. The predicted molar refractivity (Wildman–Crippen MR) is 362 cm³/mol. The highest BCUT2D eigenvalue weighted by Gasteiger charge is 2.19. The number of esters is 3. The highest BCUT2D eigenvalue weighted by Crippen LogP contribution is 2.17. The molecule has 0 rings (SSSR count). The van der Waals surface area contributed by atoms with Gasteiger partial charge in [-0.2, -0.15) is 0 Å². The van der Waals surface area contributed by atoms with Crippen LogP contribution in [0.25, 0.3) is 0 Å². The standard InChI is InChI=1S/C77H132O6/c1-4-7-10-13-16-19-22-25-27-29-31-32-33-34-35-36-37-38-39-40-41-42-43-44-45-46-47-49-50-52-55-58-61-64-67-70-76(79)82-73-74(72-81-75(78)69-66-63-60-57-54-24-21-18-15-12-9-6-3)83-77(80)71-68-65-62-59-56-53-51-48-30-28-26-23-20-17-14-11-8-5-2/h7,10,16,18-21,23,25,27-28,30-32,34-35,37-38,74H,4-6,8-9,11-15,17,22,24,26,29,33,36,39-73H2,1-3H3/b10-7-,19-16-,21-18-,23-20-,27-25-,30-28-,32-31-,35-34-,38-37-.